The molecule has 3 heteroatoms. The largest absolute Gasteiger partial charge is 0.355 e. The molecular weight excluding hydrogens is 188 g/mol. The van der Waals surface area contributed by atoms with Crippen molar-refractivity contribution in [1.82, 2.24) is 5.32 Å². The van der Waals surface area contributed by atoms with Crippen molar-refractivity contribution in [3.05, 3.63) is 0 Å². The van der Waals surface area contributed by atoms with E-state index in [1.807, 2.05) is 6.92 Å². The van der Waals surface area contributed by atoms with Gasteiger partial charge in [0, 0.05) is 12.5 Å². The van der Waals surface area contributed by atoms with Gasteiger partial charge in [0.15, 0.2) is 0 Å². The van der Waals surface area contributed by atoms with Crippen LogP contribution in [0, 0.1) is 17.3 Å². The second-order valence-electron chi connectivity index (χ2n) is 5.55. The van der Waals surface area contributed by atoms with Crippen LogP contribution in [0.4, 0.5) is 0 Å². The summed E-state index contributed by atoms with van der Waals surface area (Å²) in [7, 11) is 0. The minimum Gasteiger partial charge on any atom is -0.355 e. The number of amides is 1. The molecule has 1 atom stereocenters. The van der Waals surface area contributed by atoms with E-state index in [1.165, 1.54) is 12.8 Å². The van der Waals surface area contributed by atoms with E-state index in [1.54, 1.807) is 0 Å². The lowest BCUT2D eigenvalue weighted by Gasteiger charge is -2.25. The molecule has 1 unspecified atom stereocenters. The third kappa shape index (κ3) is 4.20. The highest BCUT2D eigenvalue weighted by atomic mass is 16.1. The number of hydrogen-bond donors (Lipinski definition) is 2. The van der Waals surface area contributed by atoms with Crippen LogP contribution in [0.5, 0.6) is 0 Å². The summed E-state index contributed by atoms with van der Waals surface area (Å²) < 4.78 is 0. The molecule has 0 bridgehead atoms. The van der Waals surface area contributed by atoms with E-state index in [9.17, 15) is 4.79 Å². The van der Waals surface area contributed by atoms with Crippen molar-refractivity contribution < 1.29 is 4.79 Å². The predicted molar refractivity (Wildman–Crippen MR) is 62.4 cm³/mol. The molecule has 0 heterocycles. The van der Waals surface area contributed by atoms with Crippen LogP contribution in [0.2, 0.25) is 0 Å². The number of nitrogens with one attached hydrogen (secondary N) is 1. The van der Waals surface area contributed by atoms with Gasteiger partial charge in [0.05, 0.1) is 0 Å². The molecule has 3 N–H and O–H groups in total. The minimum absolute atomic E-state index is 0.119. The topological polar surface area (TPSA) is 55.1 Å². The SMILES string of the molecule is CC(C(=O)NCC(C)(C)CCN)C1CC1. The molecule has 0 aliphatic heterocycles. The number of rotatable bonds is 6. The molecule has 1 rings (SSSR count). The lowest BCUT2D eigenvalue weighted by Crippen LogP contribution is -2.38. The maximum Gasteiger partial charge on any atom is 0.223 e. The van der Waals surface area contributed by atoms with Gasteiger partial charge in [-0.1, -0.05) is 20.8 Å². The fourth-order valence-corrected chi connectivity index (χ4v) is 1.78. The van der Waals surface area contributed by atoms with Crippen molar-refractivity contribution in [2.24, 2.45) is 23.0 Å². The molecule has 0 aromatic heterocycles. The summed E-state index contributed by atoms with van der Waals surface area (Å²) in [4.78, 5) is 11.7. The Morgan fingerprint density at radius 2 is 2.13 bits per heavy atom. The quantitative estimate of drug-likeness (QED) is 0.701. The Kier molecular flexibility index (Phi) is 4.14. The van der Waals surface area contributed by atoms with Gasteiger partial charge in [-0.3, -0.25) is 4.79 Å². The van der Waals surface area contributed by atoms with Gasteiger partial charge in [0.25, 0.3) is 0 Å². The molecule has 1 aliphatic carbocycles. The molecule has 1 aliphatic rings. The third-order valence-corrected chi connectivity index (χ3v) is 3.30. The summed E-state index contributed by atoms with van der Waals surface area (Å²) in [5, 5.41) is 3.03. The Morgan fingerprint density at radius 1 is 1.53 bits per heavy atom. The minimum atomic E-state index is 0.119. The van der Waals surface area contributed by atoms with Gasteiger partial charge in [-0.05, 0) is 37.1 Å². The maximum absolute atomic E-state index is 11.7. The zero-order chi connectivity index (χ0) is 11.5. The molecule has 0 spiro atoms. The van der Waals surface area contributed by atoms with Gasteiger partial charge in [0.1, 0.15) is 0 Å². The van der Waals surface area contributed by atoms with E-state index >= 15 is 0 Å². The summed E-state index contributed by atoms with van der Waals surface area (Å²) >= 11 is 0. The molecule has 88 valence electrons. The molecule has 3 nitrogen and oxygen atoms in total. The molecule has 0 aromatic carbocycles. The molecule has 0 saturated heterocycles. The van der Waals surface area contributed by atoms with Crippen molar-refractivity contribution in [2.45, 2.75) is 40.0 Å². The average Bonchev–Trinajstić information content (AvgIpc) is 2.96. The lowest BCUT2D eigenvalue weighted by molar-refractivity contribution is -0.125. The van der Waals surface area contributed by atoms with E-state index < -0.39 is 0 Å². The van der Waals surface area contributed by atoms with Crippen LogP contribution in [0.15, 0.2) is 0 Å². The van der Waals surface area contributed by atoms with Gasteiger partial charge < -0.3 is 11.1 Å². The van der Waals surface area contributed by atoms with Crippen molar-refractivity contribution in [3.63, 3.8) is 0 Å². The Labute approximate surface area is 92.8 Å². The summed E-state index contributed by atoms with van der Waals surface area (Å²) in [5.74, 6) is 1.05. The highest BCUT2D eigenvalue weighted by Crippen LogP contribution is 2.36. The Balaban J connectivity index is 2.26. The third-order valence-electron chi connectivity index (χ3n) is 3.30. The Morgan fingerprint density at radius 3 is 2.60 bits per heavy atom. The first kappa shape index (κ1) is 12.5. The Bertz CT molecular complexity index is 222. The van der Waals surface area contributed by atoms with E-state index in [2.05, 4.69) is 19.2 Å². The van der Waals surface area contributed by atoms with Crippen LogP contribution in [-0.4, -0.2) is 19.0 Å². The predicted octanol–water partition coefficient (Wildman–Crippen LogP) is 1.52. The molecule has 0 radical (unpaired) electrons. The van der Waals surface area contributed by atoms with Crippen molar-refractivity contribution in [3.8, 4) is 0 Å². The van der Waals surface area contributed by atoms with Gasteiger partial charge >= 0.3 is 0 Å². The second kappa shape index (κ2) is 4.97. The van der Waals surface area contributed by atoms with Crippen LogP contribution < -0.4 is 11.1 Å². The van der Waals surface area contributed by atoms with Crippen LogP contribution in [0.3, 0.4) is 0 Å². The normalized spacial score (nSPS) is 18.7. The van der Waals surface area contributed by atoms with E-state index in [-0.39, 0.29) is 17.2 Å². The first-order chi connectivity index (χ1) is 6.96. The van der Waals surface area contributed by atoms with Crippen LogP contribution in [0.1, 0.15) is 40.0 Å². The van der Waals surface area contributed by atoms with Crippen molar-refractivity contribution in [1.29, 1.82) is 0 Å². The second-order valence-corrected chi connectivity index (χ2v) is 5.55. The fraction of sp³-hybridized carbons (Fsp3) is 0.917. The maximum atomic E-state index is 11.7. The van der Waals surface area contributed by atoms with Crippen molar-refractivity contribution in [2.75, 3.05) is 13.1 Å². The van der Waals surface area contributed by atoms with Gasteiger partial charge in [-0.15, -0.1) is 0 Å². The molecule has 1 saturated carbocycles. The standard InChI is InChI=1S/C12H24N2O/c1-9(10-4-5-10)11(15)14-8-12(2,3)6-7-13/h9-10H,4-8,13H2,1-3H3,(H,14,15). The summed E-state index contributed by atoms with van der Waals surface area (Å²) in [6, 6.07) is 0. The average molecular weight is 212 g/mol. The van der Waals surface area contributed by atoms with Crippen molar-refractivity contribution >= 4 is 5.91 Å². The molecule has 0 aromatic rings. The Hall–Kier alpha value is -0.570. The zero-order valence-corrected chi connectivity index (χ0v) is 10.2. The monoisotopic (exact) mass is 212 g/mol. The summed E-state index contributed by atoms with van der Waals surface area (Å²) in [6.45, 7) is 7.73. The van der Waals surface area contributed by atoms with Gasteiger partial charge in [-0.25, -0.2) is 0 Å². The van der Waals surface area contributed by atoms with Crippen LogP contribution >= 0.6 is 0 Å². The highest BCUT2D eigenvalue weighted by molar-refractivity contribution is 5.78. The first-order valence-corrected chi connectivity index (χ1v) is 5.94. The van der Waals surface area contributed by atoms with Gasteiger partial charge in [-0.2, -0.15) is 0 Å². The zero-order valence-electron chi connectivity index (χ0n) is 10.2. The van der Waals surface area contributed by atoms with E-state index in [0.717, 1.165) is 13.0 Å². The summed E-state index contributed by atoms with van der Waals surface area (Å²) in [6.07, 6.45) is 3.40. The van der Waals surface area contributed by atoms with Gasteiger partial charge in [0.2, 0.25) is 5.91 Å². The number of carbonyl (C=O) groups excluding carboxylic acids is 1. The smallest absolute Gasteiger partial charge is 0.223 e. The number of carbonyl (C=O) groups is 1. The first-order valence-electron chi connectivity index (χ1n) is 5.94. The molecule has 1 amide bonds. The molecule has 15 heavy (non-hydrogen) atoms. The van der Waals surface area contributed by atoms with E-state index in [0.29, 0.717) is 12.5 Å². The van der Waals surface area contributed by atoms with E-state index in [4.69, 9.17) is 5.73 Å². The van der Waals surface area contributed by atoms with Crippen LogP contribution in [0.25, 0.3) is 0 Å². The fourth-order valence-electron chi connectivity index (χ4n) is 1.78. The molecule has 1 fully saturated rings. The lowest BCUT2D eigenvalue weighted by atomic mass is 9.89. The summed E-state index contributed by atoms with van der Waals surface area (Å²) in [5.41, 5.74) is 5.65. The number of nitrogens with two attached hydrogens (primary N) is 1. The highest BCUT2D eigenvalue weighted by Gasteiger charge is 2.32. The number of hydrogen-bond acceptors (Lipinski definition) is 2. The molecular formula is C12H24N2O. The van der Waals surface area contributed by atoms with Crippen LogP contribution in [-0.2, 0) is 4.79 Å².